The summed E-state index contributed by atoms with van der Waals surface area (Å²) in [4.78, 5) is 23.4. The predicted octanol–water partition coefficient (Wildman–Crippen LogP) is 3.61. The van der Waals surface area contributed by atoms with Crippen molar-refractivity contribution in [3.63, 3.8) is 0 Å². The molecule has 0 aromatic carbocycles. The number of ether oxygens (including phenoxy) is 5. The second-order valence-electron chi connectivity index (χ2n) is 9.52. The van der Waals surface area contributed by atoms with Crippen molar-refractivity contribution < 1.29 is 33.3 Å². The maximum Gasteiger partial charge on any atom is 0.158 e. The molecular weight excluding hydrogens is 388 g/mol. The van der Waals surface area contributed by atoms with Crippen molar-refractivity contribution in [2.45, 2.75) is 72.8 Å². The third kappa shape index (κ3) is 23.4. The molecule has 0 aromatic rings. The molecule has 0 bridgehead atoms. The topological polar surface area (TPSA) is 80.3 Å². The molecule has 0 saturated heterocycles. The smallest absolute Gasteiger partial charge is 0.158 e. The van der Waals surface area contributed by atoms with E-state index in [1.54, 1.807) is 0 Å². The zero-order chi connectivity index (χ0) is 22.9. The highest BCUT2D eigenvalue weighted by Gasteiger charge is 2.15. The van der Waals surface area contributed by atoms with Crippen LogP contribution in [0.2, 0.25) is 0 Å². The molecule has 0 aliphatic rings. The summed E-state index contributed by atoms with van der Waals surface area (Å²) in [6, 6.07) is 0. The first-order valence-corrected chi connectivity index (χ1v) is 11.0. The van der Waals surface area contributed by atoms with Crippen LogP contribution < -0.4 is 0 Å². The van der Waals surface area contributed by atoms with Gasteiger partial charge in [-0.3, -0.25) is 9.59 Å². The van der Waals surface area contributed by atoms with Gasteiger partial charge in [0.05, 0.1) is 51.8 Å². The van der Waals surface area contributed by atoms with Crippen LogP contribution in [-0.2, 0) is 33.3 Å². The summed E-state index contributed by atoms with van der Waals surface area (Å²) in [6.45, 7) is 16.1. The van der Waals surface area contributed by atoms with Crippen molar-refractivity contribution in [3.05, 3.63) is 0 Å². The van der Waals surface area contributed by atoms with Gasteiger partial charge in [-0.05, 0) is 32.6 Å². The van der Waals surface area contributed by atoms with Gasteiger partial charge in [-0.2, -0.15) is 0 Å². The van der Waals surface area contributed by atoms with Crippen molar-refractivity contribution in [3.8, 4) is 0 Å². The van der Waals surface area contributed by atoms with Crippen molar-refractivity contribution in [1.29, 1.82) is 0 Å². The van der Waals surface area contributed by atoms with Crippen LogP contribution >= 0.6 is 0 Å². The van der Waals surface area contributed by atoms with Gasteiger partial charge in [0.25, 0.3) is 0 Å². The Kier molecular flexibility index (Phi) is 16.3. The zero-order valence-corrected chi connectivity index (χ0v) is 20.1. The van der Waals surface area contributed by atoms with E-state index in [2.05, 4.69) is 20.8 Å². The molecule has 0 saturated carbocycles. The standard InChI is InChI=1S/C23H44O7/c1-22(2,3)18-20(24)9-11-27-13-15-29-17-16-28-14-12-26-10-7-8-21(25)19-30-23(4,5)6/h7-19H2,1-6H3. The molecule has 30 heavy (non-hydrogen) atoms. The summed E-state index contributed by atoms with van der Waals surface area (Å²) in [5.74, 6) is 0.336. The van der Waals surface area contributed by atoms with Crippen molar-refractivity contribution >= 4 is 11.6 Å². The number of Topliss-reactive ketones (excluding diaryl/α,β-unsaturated/α-hetero) is 2. The van der Waals surface area contributed by atoms with Gasteiger partial charge in [0.1, 0.15) is 12.4 Å². The van der Waals surface area contributed by atoms with Gasteiger partial charge in [-0.15, -0.1) is 0 Å². The quantitative estimate of drug-likeness (QED) is 0.288. The fraction of sp³-hybridized carbons (Fsp3) is 0.913. The molecule has 178 valence electrons. The first-order valence-electron chi connectivity index (χ1n) is 11.0. The zero-order valence-electron chi connectivity index (χ0n) is 20.1. The molecule has 0 aromatic heterocycles. The Balaban J connectivity index is 3.27. The number of rotatable bonds is 19. The Morgan fingerprint density at radius 3 is 1.53 bits per heavy atom. The summed E-state index contributed by atoms with van der Waals surface area (Å²) in [6.07, 6.45) is 2.20. The van der Waals surface area contributed by atoms with E-state index in [-0.39, 0.29) is 29.2 Å². The van der Waals surface area contributed by atoms with Crippen LogP contribution in [0.3, 0.4) is 0 Å². The molecule has 0 amide bonds. The van der Waals surface area contributed by atoms with E-state index >= 15 is 0 Å². The lowest BCUT2D eigenvalue weighted by Crippen LogP contribution is -2.23. The molecular formula is C23H44O7. The molecule has 0 aliphatic heterocycles. The summed E-state index contributed by atoms with van der Waals surface area (Å²) in [7, 11) is 0. The lowest BCUT2D eigenvalue weighted by Gasteiger charge is -2.18. The molecule has 0 N–H and O–H groups in total. The monoisotopic (exact) mass is 432 g/mol. The first kappa shape index (κ1) is 29.1. The lowest BCUT2D eigenvalue weighted by molar-refractivity contribution is -0.128. The maximum atomic E-state index is 11.7. The van der Waals surface area contributed by atoms with Crippen molar-refractivity contribution in [1.82, 2.24) is 0 Å². The van der Waals surface area contributed by atoms with E-state index in [1.165, 1.54) is 0 Å². The first-order chi connectivity index (χ1) is 14.0. The average molecular weight is 433 g/mol. The third-order valence-electron chi connectivity index (χ3n) is 3.78. The molecule has 0 radical (unpaired) electrons. The highest BCUT2D eigenvalue weighted by atomic mass is 16.6. The second kappa shape index (κ2) is 16.8. The normalized spacial score (nSPS) is 12.3. The molecule has 0 fully saturated rings. The van der Waals surface area contributed by atoms with Gasteiger partial charge >= 0.3 is 0 Å². The third-order valence-corrected chi connectivity index (χ3v) is 3.78. The molecule has 0 rings (SSSR count). The Hall–Kier alpha value is -0.860. The van der Waals surface area contributed by atoms with E-state index < -0.39 is 0 Å². The van der Waals surface area contributed by atoms with Crippen LogP contribution in [0.1, 0.15) is 67.2 Å². The molecule has 7 nitrogen and oxygen atoms in total. The Morgan fingerprint density at radius 2 is 1.07 bits per heavy atom. The van der Waals surface area contributed by atoms with Gasteiger partial charge < -0.3 is 23.7 Å². The van der Waals surface area contributed by atoms with Gasteiger partial charge in [0, 0.05) is 25.9 Å². The Labute approximate surface area is 183 Å². The largest absolute Gasteiger partial charge is 0.379 e. The Bertz CT molecular complexity index is 449. The van der Waals surface area contributed by atoms with Crippen LogP contribution in [0.25, 0.3) is 0 Å². The summed E-state index contributed by atoms with van der Waals surface area (Å²) < 4.78 is 27.1. The molecule has 0 spiro atoms. The maximum absolute atomic E-state index is 11.7. The number of hydrogen-bond acceptors (Lipinski definition) is 7. The highest BCUT2D eigenvalue weighted by molar-refractivity contribution is 5.79. The highest BCUT2D eigenvalue weighted by Crippen LogP contribution is 2.19. The molecule has 7 heteroatoms. The molecule has 0 heterocycles. The van der Waals surface area contributed by atoms with Crippen LogP contribution in [0, 0.1) is 5.41 Å². The van der Waals surface area contributed by atoms with E-state index in [9.17, 15) is 9.59 Å². The minimum Gasteiger partial charge on any atom is -0.379 e. The van der Waals surface area contributed by atoms with E-state index in [0.29, 0.717) is 78.5 Å². The average Bonchev–Trinajstić information content (AvgIpc) is 2.61. The number of carbonyl (C=O) groups is 2. The van der Waals surface area contributed by atoms with Gasteiger partial charge in [-0.1, -0.05) is 20.8 Å². The van der Waals surface area contributed by atoms with Crippen LogP contribution in [-0.4, -0.2) is 76.6 Å². The predicted molar refractivity (Wildman–Crippen MR) is 117 cm³/mol. The van der Waals surface area contributed by atoms with Crippen LogP contribution in [0.4, 0.5) is 0 Å². The fourth-order valence-electron chi connectivity index (χ4n) is 2.37. The summed E-state index contributed by atoms with van der Waals surface area (Å²) >= 11 is 0. The van der Waals surface area contributed by atoms with Crippen LogP contribution in [0.5, 0.6) is 0 Å². The van der Waals surface area contributed by atoms with Gasteiger partial charge in [0.15, 0.2) is 5.78 Å². The van der Waals surface area contributed by atoms with Gasteiger partial charge in [0.2, 0.25) is 0 Å². The minimum absolute atomic E-state index is 0.0333. The SMILES string of the molecule is CC(C)(C)CC(=O)CCOCCOCCOCCOCCCC(=O)COC(C)(C)C. The molecule has 0 atom stereocenters. The fourth-order valence-corrected chi connectivity index (χ4v) is 2.37. The number of carbonyl (C=O) groups excluding carboxylic acids is 2. The molecule has 0 aliphatic carbocycles. The lowest BCUT2D eigenvalue weighted by atomic mass is 9.89. The van der Waals surface area contributed by atoms with Gasteiger partial charge in [-0.25, -0.2) is 0 Å². The second-order valence-corrected chi connectivity index (χ2v) is 9.52. The van der Waals surface area contributed by atoms with E-state index in [0.717, 1.165) is 0 Å². The van der Waals surface area contributed by atoms with E-state index in [4.69, 9.17) is 23.7 Å². The Morgan fingerprint density at radius 1 is 0.600 bits per heavy atom. The number of ketones is 2. The molecule has 0 unspecified atom stereocenters. The summed E-state index contributed by atoms with van der Waals surface area (Å²) in [5, 5.41) is 0. The summed E-state index contributed by atoms with van der Waals surface area (Å²) in [5.41, 5.74) is -0.252. The van der Waals surface area contributed by atoms with Crippen molar-refractivity contribution in [2.24, 2.45) is 5.41 Å². The van der Waals surface area contributed by atoms with Crippen LogP contribution in [0.15, 0.2) is 0 Å². The van der Waals surface area contributed by atoms with Crippen molar-refractivity contribution in [2.75, 3.05) is 59.5 Å². The minimum atomic E-state index is -0.285. The number of hydrogen-bond donors (Lipinski definition) is 0. The van der Waals surface area contributed by atoms with E-state index in [1.807, 2.05) is 20.8 Å².